The highest BCUT2D eigenvalue weighted by molar-refractivity contribution is 5.25. The minimum absolute atomic E-state index is 0.686. The molecule has 0 radical (unpaired) electrons. The SMILES string of the molecule is CCC(CNC1CC1)c1cccc(C)c1. The van der Waals surface area contributed by atoms with Gasteiger partial charge in [0, 0.05) is 12.6 Å². The van der Waals surface area contributed by atoms with Crippen LogP contribution in [0.4, 0.5) is 0 Å². The average molecular weight is 203 g/mol. The highest BCUT2D eigenvalue weighted by Crippen LogP contribution is 2.23. The first-order valence-electron chi connectivity index (χ1n) is 6.09. The fourth-order valence-electron chi connectivity index (χ4n) is 2.02. The molecule has 0 amide bonds. The Labute approximate surface area is 92.9 Å². The zero-order valence-corrected chi connectivity index (χ0v) is 9.79. The molecule has 82 valence electrons. The van der Waals surface area contributed by atoms with Crippen LogP contribution >= 0.6 is 0 Å². The predicted molar refractivity (Wildman–Crippen MR) is 65.2 cm³/mol. The van der Waals surface area contributed by atoms with E-state index in [1.165, 1.54) is 30.4 Å². The molecule has 1 nitrogen and oxygen atoms in total. The van der Waals surface area contributed by atoms with Gasteiger partial charge in [-0.05, 0) is 37.7 Å². The molecule has 1 atom stereocenters. The largest absolute Gasteiger partial charge is 0.313 e. The van der Waals surface area contributed by atoms with Crippen LogP contribution in [0.5, 0.6) is 0 Å². The first kappa shape index (κ1) is 10.7. The van der Waals surface area contributed by atoms with Crippen molar-refractivity contribution in [2.45, 2.75) is 45.1 Å². The molecular formula is C14H21N. The lowest BCUT2D eigenvalue weighted by Crippen LogP contribution is -2.23. The van der Waals surface area contributed by atoms with Crippen molar-refractivity contribution in [1.29, 1.82) is 0 Å². The van der Waals surface area contributed by atoms with Gasteiger partial charge < -0.3 is 5.32 Å². The number of hydrogen-bond donors (Lipinski definition) is 1. The van der Waals surface area contributed by atoms with E-state index in [0.717, 1.165) is 12.6 Å². The van der Waals surface area contributed by atoms with E-state index in [1.807, 2.05) is 0 Å². The quantitative estimate of drug-likeness (QED) is 0.774. The second-order valence-electron chi connectivity index (χ2n) is 4.70. The van der Waals surface area contributed by atoms with Gasteiger partial charge in [-0.15, -0.1) is 0 Å². The number of aryl methyl sites for hydroxylation is 1. The monoisotopic (exact) mass is 203 g/mol. The van der Waals surface area contributed by atoms with E-state index < -0.39 is 0 Å². The van der Waals surface area contributed by atoms with Gasteiger partial charge in [-0.2, -0.15) is 0 Å². The summed E-state index contributed by atoms with van der Waals surface area (Å²) in [6.07, 6.45) is 3.98. The molecule has 15 heavy (non-hydrogen) atoms. The van der Waals surface area contributed by atoms with Crippen molar-refractivity contribution in [1.82, 2.24) is 5.32 Å². The molecule has 1 aromatic rings. The summed E-state index contributed by atoms with van der Waals surface area (Å²) in [6, 6.07) is 9.75. The maximum absolute atomic E-state index is 3.63. The zero-order chi connectivity index (χ0) is 10.7. The Hall–Kier alpha value is -0.820. The Morgan fingerprint density at radius 3 is 2.80 bits per heavy atom. The summed E-state index contributed by atoms with van der Waals surface area (Å²) in [6.45, 7) is 5.59. The summed E-state index contributed by atoms with van der Waals surface area (Å²) in [5.74, 6) is 0.686. The molecule has 1 unspecified atom stereocenters. The fraction of sp³-hybridized carbons (Fsp3) is 0.571. The number of benzene rings is 1. The summed E-state index contributed by atoms with van der Waals surface area (Å²) < 4.78 is 0. The molecule has 1 saturated carbocycles. The summed E-state index contributed by atoms with van der Waals surface area (Å²) >= 11 is 0. The van der Waals surface area contributed by atoms with E-state index >= 15 is 0 Å². The van der Waals surface area contributed by atoms with Crippen molar-refractivity contribution in [3.63, 3.8) is 0 Å². The van der Waals surface area contributed by atoms with Crippen molar-refractivity contribution < 1.29 is 0 Å². The lowest BCUT2D eigenvalue weighted by Gasteiger charge is -2.16. The van der Waals surface area contributed by atoms with Crippen molar-refractivity contribution in [2.75, 3.05) is 6.54 Å². The van der Waals surface area contributed by atoms with Gasteiger partial charge in [-0.25, -0.2) is 0 Å². The van der Waals surface area contributed by atoms with E-state index in [9.17, 15) is 0 Å². The van der Waals surface area contributed by atoms with Gasteiger partial charge in [-0.1, -0.05) is 36.8 Å². The van der Waals surface area contributed by atoms with Crippen LogP contribution in [0.3, 0.4) is 0 Å². The Morgan fingerprint density at radius 1 is 1.40 bits per heavy atom. The third-order valence-corrected chi connectivity index (χ3v) is 3.24. The standard InChI is InChI=1S/C14H21N/c1-3-12(10-15-14-7-8-14)13-6-4-5-11(2)9-13/h4-6,9,12,14-15H,3,7-8,10H2,1-2H3. The van der Waals surface area contributed by atoms with Gasteiger partial charge in [0.1, 0.15) is 0 Å². The molecule has 1 N–H and O–H groups in total. The number of hydrogen-bond acceptors (Lipinski definition) is 1. The molecule has 0 spiro atoms. The molecule has 0 saturated heterocycles. The van der Waals surface area contributed by atoms with E-state index in [4.69, 9.17) is 0 Å². The summed E-state index contributed by atoms with van der Waals surface area (Å²) in [7, 11) is 0. The fourth-order valence-corrected chi connectivity index (χ4v) is 2.02. The molecule has 0 aliphatic heterocycles. The van der Waals surface area contributed by atoms with Gasteiger partial charge in [0.15, 0.2) is 0 Å². The normalized spacial score (nSPS) is 17.7. The maximum atomic E-state index is 3.63. The van der Waals surface area contributed by atoms with E-state index in [0.29, 0.717) is 5.92 Å². The van der Waals surface area contributed by atoms with E-state index in [1.54, 1.807) is 0 Å². The van der Waals surface area contributed by atoms with Gasteiger partial charge >= 0.3 is 0 Å². The molecule has 0 heterocycles. The molecule has 1 aliphatic carbocycles. The van der Waals surface area contributed by atoms with Crippen LogP contribution in [0.15, 0.2) is 24.3 Å². The average Bonchev–Trinajstić information content (AvgIpc) is 3.03. The van der Waals surface area contributed by atoms with Gasteiger partial charge in [0.05, 0.1) is 0 Å². The first-order valence-corrected chi connectivity index (χ1v) is 6.09. The molecule has 1 fully saturated rings. The number of rotatable bonds is 5. The lowest BCUT2D eigenvalue weighted by molar-refractivity contribution is 0.567. The molecule has 1 heteroatoms. The molecule has 0 bridgehead atoms. The Kier molecular flexibility index (Phi) is 3.42. The van der Waals surface area contributed by atoms with Crippen molar-refractivity contribution in [2.24, 2.45) is 0 Å². The second kappa shape index (κ2) is 4.80. The topological polar surface area (TPSA) is 12.0 Å². The maximum Gasteiger partial charge on any atom is 0.00684 e. The van der Waals surface area contributed by atoms with Crippen LogP contribution in [0.1, 0.15) is 43.2 Å². The minimum atomic E-state index is 0.686. The van der Waals surface area contributed by atoms with Crippen LogP contribution in [0.25, 0.3) is 0 Å². The summed E-state index contributed by atoms with van der Waals surface area (Å²) in [5, 5.41) is 3.63. The van der Waals surface area contributed by atoms with Gasteiger partial charge in [0.2, 0.25) is 0 Å². The smallest absolute Gasteiger partial charge is 0.00684 e. The van der Waals surface area contributed by atoms with Crippen LogP contribution < -0.4 is 5.32 Å². The third-order valence-electron chi connectivity index (χ3n) is 3.24. The zero-order valence-electron chi connectivity index (χ0n) is 9.79. The third kappa shape index (κ3) is 3.07. The predicted octanol–water partition coefficient (Wildman–Crippen LogP) is 3.24. The van der Waals surface area contributed by atoms with E-state index in [2.05, 4.69) is 43.4 Å². The Bertz CT molecular complexity index is 315. The van der Waals surface area contributed by atoms with E-state index in [-0.39, 0.29) is 0 Å². The van der Waals surface area contributed by atoms with Crippen molar-refractivity contribution in [3.8, 4) is 0 Å². The second-order valence-corrected chi connectivity index (χ2v) is 4.70. The van der Waals surface area contributed by atoms with Gasteiger partial charge in [-0.3, -0.25) is 0 Å². The lowest BCUT2D eigenvalue weighted by atomic mass is 9.95. The Balaban J connectivity index is 1.97. The first-order chi connectivity index (χ1) is 7.29. The molecule has 2 rings (SSSR count). The molecule has 1 aliphatic rings. The van der Waals surface area contributed by atoms with Gasteiger partial charge in [0.25, 0.3) is 0 Å². The van der Waals surface area contributed by atoms with Crippen LogP contribution in [-0.2, 0) is 0 Å². The number of nitrogens with one attached hydrogen (secondary N) is 1. The summed E-state index contributed by atoms with van der Waals surface area (Å²) in [5.41, 5.74) is 2.86. The Morgan fingerprint density at radius 2 is 2.20 bits per heavy atom. The van der Waals surface area contributed by atoms with Crippen LogP contribution in [0, 0.1) is 6.92 Å². The molecule has 1 aromatic carbocycles. The minimum Gasteiger partial charge on any atom is -0.313 e. The highest BCUT2D eigenvalue weighted by atomic mass is 14.9. The summed E-state index contributed by atoms with van der Waals surface area (Å²) in [4.78, 5) is 0. The van der Waals surface area contributed by atoms with Crippen LogP contribution in [0.2, 0.25) is 0 Å². The highest BCUT2D eigenvalue weighted by Gasteiger charge is 2.21. The molecule has 0 aromatic heterocycles. The molecular weight excluding hydrogens is 182 g/mol. The van der Waals surface area contributed by atoms with Crippen molar-refractivity contribution in [3.05, 3.63) is 35.4 Å². The van der Waals surface area contributed by atoms with Crippen LogP contribution in [-0.4, -0.2) is 12.6 Å². The van der Waals surface area contributed by atoms with Crippen molar-refractivity contribution >= 4 is 0 Å².